The van der Waals surface area contributed by atoms with Gasteiger partial charge in [-0.15, -0.1) is 0 Å². The smallest absolute Gasteiger partial charge is 0.0723 e. The molecule has 2 aromatic rings. The molecule has 0 aliphatic heterocycles. The van der Waals surface area contributed by atoms with Crippen LogP contribution in [0.2, 0.25) is 20.1 Å². The fourth-order valence-corrected chi connectivity index (χ4v) is 6.45. The molecule has 20 heavy (non-hydrogen) atoms. The Kier molecular flexibility index (Phi) is 6.77. The molecule has 0 N–H and O–H groups in total. The van der Waals surface area contributed by atoms with Crippen molar-refractivity contribution in [2.75, 3.05) is 0 Å². The second-order valence-corrected chi connectivity index (χ2v) is 8.80. The topological polar surface area (TPSA) is 0 Å². The summed E-state index contributed by atoms with van der Waals surface area (Å²) < 4.78 is 1.22. The van der Waals surface area contributed by atoms with Crippen molar-refractivity contribution in [1.29, 1.82) is 0 Å². The van der Waals surface area contributed by atoms with Crippen LogP contribution in [0.5, 0.6) is 0 Å². The molecule has 8 heteroatoms. The summed E-state index contributed by atoms with van der Waals surface area (Å²) in [7, 11) is 2.91. The molecule has 0 radical (unpaired) electrons. The lowest BCUT2D eigenvalue weighted by molar-refractivity contribution is 1.41. The average molecular weight is 514 g/mol. The van der Waals surface area contributed by atoms with Crippen molar-refractivity contribution in [1.82, 2.24) is 0 Å². The summed E-state index contributed by atoms with van der Waals surface area (Å²) in [6, 6.07) is 7.57. The van der Waals surface area contributed by atoms with Crippen LogP contribution in [0, 0.1) is 0 Å². The number of hydrogen-bond acceptors (Lipinski definition) is 2. The maximum atomic E-state index is 6.28. The maximum absolute atomic E-state index is 6.28. The van der Waals surface area contributed by atoms with Gasteiger partial charge in [-0.2, -0.15) is 0 Å². The van der Waals surface area contributed by atoms with Gasteiger partial charge in [-0.3, -0.25) is 0 Å². The van der Waals surface area contributed by atoms with Crippen molar-refractivity contribution < 1.29 is 0 Å². The monoisotopic (exact) mass is 510 g/mol. The third-order valence-corrected chi connectivity index (χ3v) is 9.00. The highest BCUT2D eigenvalue weighted by atomic mass is 79.9. The summed E-state index contributed by atoms with van der Waals surface area (Å²) in [6.07, 6.45) is 0. The van der Waals surface area contributed by atoms with Gasteiger partial charge in [0.2, 0.25) is 0 Å². The lowest BCUT2D eigenvalue weighted by Gasteiger charge is -2.12. The van der Waals surface area contributed by atoms with Crippen LogP contribution >= 0.6 is 99.9 Å². The van der Waals surface area contributed by atoms with Gasteiger partial charge in [-0.25, -0.2) is 0 Å². The van der Waals surface area contributed by atoms with Crippen molar-refractivity contribution >= 4 is 99.9 Å². The zero-order valence-electron chi connectivity index (χ0n) is 9.39. The molecule has 0 aliphatic carbocycles. The van der Waals surface area contributed by atoms with Crippen LogP contribution < -0.4 is 0 Å². The summed E-state index contributed by atoms with van der Waals surface area (Å²) in [5, 5.41) is 2.09. The third kappa shape index (κ3) is 3.77. The van der Waals surface area contributed by atoms with Crippen LogP contribution in [0.25, 0.3) is 0 Å². The molecule has 0 bridgehead atoms. The highest BCUT2D eigenvalue weighted by Crippen LogP contribution is 2.52. The molecular formula is C12H4Br2Cl4S2. The summed E-state index contributed by atoms with van der Waals surface area (Å²) in [5.74, 6) is 0. The molecule has 2 aromatic carbocycles. The van der Waals surface area contributed by atoms with Crippen molar-refractivity contribution in [2.45, 2.75) is 9.79 Å². The van der Waals surface area contributed by atoms with Crippen LogP contribution in [-0.4, -0.2) is 0 Å². The number of rotatable bonds is 3. The zero-order chi connectivity index (χ0) is 14.9. The van der Waals surface area contributed by atoms with Gasteiger partial charge >= 0.3 is 0 Å². The van der Waals surface area contributed by atoms with Gasteiger partial charge in [0.05, 0.1) is 33.9 Å². The molecule has 0 spiro atoms. The Balaban J connectivity index is 2.33. The van der Waals surface area contributed by atoms with Crippen LogP contribution in [-0.2, 0) is 0 Å². The van der Waals surface area contributed by atoms with E-state index in [1.165, 1.54) is 21.6 Å². The minimum absolute atomic E-state index is 0.451. The predicted octanol–water partition coefficient (Wildman–Crippen LogP) is 8.62. The highest BCUT2D eigenvalue weighted by molar-refractivity contribution is 9.11. The zero-order valence-corrected chi connectivity index (χ0v) is 17.2. The third-order valence-electron chi connectivity index (χ3n) is 2.22. The first-order valence-electron chi connectivity index (χ1n) is 5.04. The molecule has 106 valence electrons. The van der Waals surface area contributed by atoms with Crippen molar-refractivity contribution in [3.63, 3.8) is 0 Å². The Morgan fingerprint density at radius 1 is 0.750 bits per heavy atom. The van der Waals surface area contributed by atoms with E-state index in [1.54, 1.807) is 0 Å². The molecule has 0 nitrogen and oxygen atoms in total. The van der Waals surface area contributed by atoms with Crippen LogP contribution in [0.1, 0.15) is 0 Å². The van der Waals surface area contributed by atoms with Gasteiger partial charge in [-0.05, 0) is 54.8 Å². The average Bonchev–Trinajstić information content (AvgIpc) is 2.45. The molecule has 2 rings (SSSR count). The molecule has 0 unspecified atom stereocenters. The fraction of sp³-hybridized carbons (Fsp3) is 0. The number of hydrogen-bond donors (Lipinski definition) is 0. The Morgan fingerprint density at radius 2 is 1.30 bits per heavy atom. The minimum atomic E-state index is 0.451. The second-order valence-electron chi connectivity index (χ2n) is 3.50. The summed E-state index contributed by atoms with van der Waals surface area (Å²) in [6.45, 7) is 0. The van der Waals surface area contributed by atoms with Gasteiger partial charge in [0.25, 0.3) is 0 Å². The lowest BCUT2D eigenvalue weighted by atomic mass is 10.3. The molecule has 0 heterocycles. The first-order chi connectivity index (χ1) is 9.43. The molecule has 0 aliphatic rings. The van der Waals surface area contributed by atoms with Crippen LogP contribution in [0.4, 0.5) is 0 Å². The molecule has 0 saturated heterocycles. The molecule has 0 amide bonds. The number of halogens is 6. The normalized spacial score (nSPS) is 10.9. The van der Waals surface area contributed by atoms with Gasteiger partial charge < -0.3 is 0 Å². The van der Waals surface area contributed by atoms with E-state index in [0.29, 0.717) is 29.0 Å². The van der Waals surface area contributed by atoms with Crippen molar-refractivity contribution in [2.24, 2.45) is 0 Å². The van der Waals surface area contributed by atoms with E-state index in [9.17, 15) is 0 Å². The largest absolute Gasteiger partial charge is 0.0831 e. The summed E-state index contributed by atoms with van der Waals surface area (Å²) in [4.78, 5) is 1.66. The van der Waals surface area contributed by atoms with E-state index in [4.69, 9.17) is 46.4 Å². The highest BCUT2D eigenvalue weighted by Gasteiger charge is 2.19. The van der Waals surface area contributed by atoms with E-state index < -0.39 is 0 Å². The van der Waals surface area contributed by atoms with E-state index in [2.05, 4.69) is 31.9 Å². The van der Waals surface area contributed by atoms with Crippen LogP contribution in [0.3, 0.4) is 0 Å². The molecular weight excluding hydrogens is 510 g/mol. The molecule has 0 fully saturated rings. The second kappa shape index (κ2) is 7.69. The maximum Gasteiger partial charge on any atom is 0.0723 e. The quantitative estimate of drug-likeness (QED) is 0.229. The first-order valence-corrected chi connectivity index (χ1v) is 10.3. The Morgan fingerprint density at radius 3 is 1.85 bits per heavy atom. The molecule has 0 atom stereocenters. The fourth-order valence-electron chi connectivity index (χ4n) is 1.26. The van der Waals surface area contributed by atoms with E-state index in [-0.39, 0.29) is 0 Å². The van der Waals surface area contributed by atoms with Crippen molar-refractivity contribution in [3.05, 3.63) is 53.3 Å². The first kappa shape index (κ1) is 17.6. The van der Waals surface area contributed by atoms with Crippen LogP contribution in [0.15, 0.2) is 43.0 Å². The van der Waals surface area contributed by atoms with Gasteiger partial charge in [0, 0.05) is 4.90 Å². The van der Waals surface area contributed by atoms with E-state index in [0.717, 1.165) is 9.79 Å². The SMILES string of the molecule is Clc1ccccc1SSc1c(Cl)c(Br)c(Cl)c(Br)c1Cl. The minimum Gasteiger partial charge on any atom is -0.0831 e. The lowest BCUT2D eigenvalue weighted by Crippen LogP contribution is -1.83. The van der Waals surface area contributed by atoms with Gasteiger partial charge in [-0.1, -0.05) is 69.3 Å². The Labute approximate surface area is 161 Å². The molecule has 0 aromatic heterocycles. The number of benzene rings is 2. The van der Waals surface area contributed by atoms with E-state index in [1.807, 2.05) is 24.3 Å². The van der Waals surface area contributed by atoms with Crippen molar-refractivity contribution in [3.8, 4) is 0 Å². The summed E-state index contributed by atoms with van der Waals surface area (Å²) >= 11 is 31.5. The summed E-state index contributed by atoms with van der Waals surface area (Å²) in [5.41, 5.74) is 0. The standard InChI is InChI=1S/C12H4Br2Cl4S2/c13-7-9(16)8(14)11(18)12(10(7)17)20-19-6-4-2-1-3-5(6)15/h1-4H. The predicted molar refractivity (Wildman–Crippen MR) is 100 cm³/mol. The molecule has 0 saturated carbocycles. The van der Waals surface area contributed by atoms with E-state index >= 15 is 0 Å². The van der Waals surface area contributed by atoms with Gasteiger partial charge in [0.1, 0.15) is 0 Å². The Bertz CT molecular complexity index is 635. The van der Waals surface area contributed by atoms with Gasteiger partial charge in [0.15, 0.2) is 0 Å². The Hall–Kier alpha value is 1.26.